The maximum atomic E-state index is 11.2. The largest absolute Gasteiger partial charge is 0.480 e. The Hall–Kier alpha value is -2.16. The molecular weight excluding hydrogens is 284 g/mol. The number of carboxylic acid groups (broad SMARTS) is 3. The maximum Gasteiger partial charge on any atom is 0.320 e. The molecule has 0 radical (unpaired) electrons. The van der Waals surface area contributed by atoms with Crippen LogP contribution < -0.4 is 5.32 Å². The van der Waals surface area contributed by atoms with Crippen LogP contribution in [0.25, 0.3) is 0 Å². The van der Waals surface area contributed by atoms with Crippen LogP contribution in [0.15, 0.2) is 0 Å². The summed E-state index contributed by atoms with van der Waals surface area (Å²) < 4.78 is 0. The monoisotopic (exact) mass is 304 g/mol. The number of unbranched alkanes of at least 4 members (excludes halogenated alkanes) is 1. The van der Waals surface area contributed by atoms with Gasteiger partial charge in [-0.05, 0) is 19.3 Å². The molecule has 9 nitrogen and oxygen atoms in total. The van der Waals surface area contributed by atoms with Crippen LogP contribution in [0.3, 0.4) is 0 Å². The number of carbonyl (C=O) groups is 4. The molecule has 1 amide bonds. The number of rotatable bonds is 11. The Bertz CT molecular complexity index is 381. The van der Waals surface area contributed by atoms with Gasteiger partial charge in [-0.1, -0.05) is 0 Å². The first-order valence-electron chi connectivity index (χ1n) is 6.39. The number of hydrogen-bond acceptors (Lipinski definition) is 5. The third-order valence-corrected chi connectivity index (χ3v) is 2.68. The molecule has 0 saturated carbocycles. The van der Waals surface area contributed by atoms with Crippen LogP contribution >= 0.6 is 0 Å². The van der Waals surface area contributed by atoms with Gasteiger partial charge in [0.25, 0.3) is 0 Å². The zero-order chi connectivity index (χ0) is 16.4. The summed E-state index contributed by atoms with van der Waals surface area (Å²) >= 11 is 0. The van der Waals surface area contributed by atoms with Gasteiger partial charge in [0.15, 0.2) is 0 Å². The molecule has 21 heavy (non-hydrogen) atoms. The zero-order valence-electron chi connectivity index (χ0n) is 11.7. The summed E-state index contributed by atoms with van der Waals surface area (Å²) in [5.41, 5.74) is 0. The smallest absolute Gasteiger partial charge is 0.320 e. The van der Waals surface area contributed by atoms with E-state index in [-0.39, 0.29) is 12.3 Å². The fourth-order valence-electron chi connectivity index (χ4n) is 1.81. The van der Waals surface area contributed by atoms with Gasteiger partial charge in [0.05, 0.1) is 13.1 Å². The Balaban J connectivity index is 4.51. The summed E-state index contributed by atoms with van der Waals surface area (Å²) in [7, 11) is 0. The van der Waals surface area contributed by atoms with Gasteiger partial charge in [-0.3, -0.25) is 24.1 Å². The van der Waals surface area contributed by atoms with Gasteiger partial charge >= 0.3 is 17.9 Å². The Morgan fingerprint density at radius 1 is 1.00 bits per heavy atom. The third-order valence-electron chi connectivity index (χ3n) is 2.68. The lowest BCUT2D eigenvalue weighted by Gasteiger charge is -2.25. The van der Waals surface area contributed by atoms with E-state index < -0.39 is 37.0 Å². The average molecular weight is 304 g/mol. The van der Waals surface area contributed by atoms with Crippen molar-refractivity contribution in [2.24, 2.45) is 0 Å². The molecule has 0 aliphatic carbocycles. The first-order valence-corrected chi connectivity index (χ1v) is 6.39. The second-order valence-corrected chi connectivity index (χ2v) is 4.53. The molecule has 0 heterocycles. The molecule has 0 aliphatic rings. The number of nitrogens with one attached hydrogen (secondary N) is 1. The van der Waals surface area contributed by atoms with Crippen LogP contribution in [-0.2, 0) is 19.2 Å². The number of carboxylic acids is 3. The molecule has 0 saturated heterocycles. The second-order valence-electron chi connectivity index (χ2n) is 4.53. The average Bonchev–Trinajstić information content (AvgIpc) is 2.30. The molecule has 0 aromatic rings. The fourth-order valence-corrected chi connectivity index (χ4v) is 1.81. The molecule has 9 heteroatoms. The minimum absolute atomic E-state index is 0.107. The topological polar surface area (TPSA) is 144 Å². The normalized spacial score (nSPS) is 11.9. The van der Waals surface area contributed by atoms with Crippen molar-refractivity contribution in [3.8, 4) is 0 Å². The predicted octanol–water partition coefficient (Wildman–Crippen LogP) is -0.783. The van der Waals surface area contributed by atoms with Crippen molar-refractivity contribution >= 4 is 23.8 Å². The fraction of sp³-hybridized carbons (Fsp3) is 0.667. The molecule has 120 valence electrons. The van der Waals surface area contributed by atoms with Crippen LogP contribution in [0.2, 0.25) is 0 Å². The molecule has 1 unspecified atom stereocenters. The zero-order valence-corrected chi connectivity index (χ0v) is 11.7. The van der Waals surface area contributed by atoms with Crippen LogP contribution in [0.1, 0.15) is 26.2 Å². The van der Waals surface area contributed by atoms with Gasteiger partial charge < -0.3 is 20.6 Å². The van der Waals surface area contributed by atoms with Crippen LogP contribution in [0.5, 0.6) is 0 Å². The molecule has 0 bridgehead atoms. The Kier molecular flexibility index (Phi) is 8.70. The summed E-state index contributed by atoms with van der Waals surface area (Å²) in [5, 5.41) is 29.1. The van der Waals surface area contributed by atoms with E-state index in [4.69, 9.17) is 15.3 Å². The van der Waals surface area contributed by atoms with Crippen molar-refractivity contribution in [2.75, 3.05) is 19.6 Å². The molecule has 0 fully saturated rings. The number of hydrogen-bond donors (Lipinski definition) is 4. The van der Waals surface area contributed by atoms with E-state index in [9.17, 15) is 19.2 Å². The van der Waals surface area contributed by atoms with Crippen molar-refractivity contribution in [1.29, 1.82) is 0 Å². The molecule has 1 atom stereocenters. The highest BCUT2D eigenvalue weighted by atomic mass is 16.4. The molecule has 4 N–H and O–H groups in total. The van der Waals surface area contributed by atoms with Gasteiger partial charge in [-0.15, -0.1) is 0 Å². The molecule has 0 aromatic carbocycles. The number of carbonyl (C=O) groups excluding carboxylic acids is 1. The van der Waals surface area contributed by atoms with Crippen molar-refractivity contribution in [3.05, 3.63) is 0 Å². The van der Waals surface area contributed by atoms with Gasteiger partial charge in [0.1, 0.15) is 6.04 Å². The predicted molar refractivity (Wildman–Crippen MR) is 70.8 cm³/mol. The summed E-state index contributed by atoms with van der Waals surface area (Å²) in [6.45, 7) is 0.435. The first-order chi connectivity index (χ1) is 9.73. The maximum absolute atomic E-state index is 11.2. The minimum Gasteiger partial charge on any atom is -0.480 e. The SMILES string of the molecule is CC(=O)NCCCCC(C(=O)O)N(CC(=O)O)CC(=O)O. The first kappa shape index (κ1) is 18.8. The third kappa shape index (κ3) is 9.38. The summed E-state index contributed by atoms with van der Waals surface area (Å²) in [5.74, 6) is -4.04. The summed E-state index contributed by atoms with van der Waals surface area (Å²) in [6.07, 6.45) is 1.06. The summed E-state index contributed by atoms with van der Waals surface area (Å²) in [4.78, 5) is 44.1. The van der Waals surface area contributed by atoms with E-state index in [1.54, 1.807) is 0 Å². The number of amides is 1. The second kappa shape index (κ2) is 9.70. The Morgan fingerprint density at radius 3 is 1.90 bits per heavy atom. The van der Waals surface area contributed by atoms with Crippen molar-refractivity contribution in [3.63, 3.8) is 0 Å². The van der Waals surface area contributed by atoms with Crippen molar-refractivity contribution < 1.29 is 34.5 Å². The van der Waals surface area contributed by atoms with Crippen molar-refractivity contribution in [1.82, 2.24) is 10.2 Å². The Labute approximate surface area is 121 Å². The van der Waals surface area contributed by atoms with E-state index in [2.05, 4.69) is 5.32 Å². The lowest BCUT2D eigenvalue weighted by atomic mass is 10.1. The number of aliphatic carboxylic acids is 3. The van der Waals surface area contributed by atoms with E-state index in [1.807, 2.05) is 0 Å². The van der Waals surface area contributed by atoms with Crippen LogP contribution in [0.4, 0.5) is 0 Å². The van der Waals surface area contributed by atoms with Gasteiger partial charge in [-0.25, -0.2) is 0 Å². The van der Waals surface area contributed by atoms with E-state index in [1.165, 1.54) is 6.92 Å². The standard InChI is InChI=1S/C12H20N2O7/c1-8(15)13-5-3-2-4-9(12(20)21)14(6-10(16)17)7-11(18)19/h9H,2-7H2,1H3,(H,13,15)(H,16,17)(H,18,19)(H,20,21). The van der Waals surface area contributed by atoms with E-state index in [0.717, 1.165) is 4.90 Å². The van der Waals surface area contributed by atoms with E-state index >= 15 is 0 Å². The summed E-state index contributed by atoms with van der Waals surface area (Å²) in [6, 6.07) is -1.19. The number of nitrogens with zero attached hydrogens (tertiary/aromatic N) is 1. The quantitative estimate of drug-likeness (QED) is 0.364. The lowest BCUT2D eigenvalue weighted by Crippen LogP contribution is -2.46. The van der Waals surface area contributed by atoms with Crippen molar-refractivity contribution in [2.45, 2.75) is 32.2 Å². The van der Waals surface area contributed by atoms with E-state index in [0.29, 0.717) is 19.4 Å². The highest BCUT2D eigenvalue weighted by Gasteiger charge is 2.28. The van der Waals surface area contributed by atoms with Gasteiger partial charge in [0.2, 0.25) is 5.91 Å². The van der Waals surface area contributed by atoms with Crippen LogP contribution in [0, 0.1) is 0 Å². The lowest BCUT2D eigenvalue weighted by molar-refractivity contribution is -0.149. The minimum atomic E-state index is -1.29. The Morgan fingerprint density at radius 2 is 1.52 bits per heavy atom. The van der Waals surface area contributed by atoms with Gasteiger partial charge in [-0.2, -0.15) is 0 Å². The molecule has 0 aliphatic heterocycles. The highest BCUT2D eigenvalue weighted by molar-refractivity contribution is 5.78. The molecular formula is C12H20N2O7. The molecule has 0 spiro atoms. The van der Waals surface area contributed by atoms with Gasteiger partial charge in [0, 0.05) is 13.5 Å². The molecule has 0 aromatic heterocycles. The molecule has 0 rings (SSSR count). The highest BCUT2D eigenvalue weighted by Crippen LogP contribution is 2.09. The van der Waals surface area contributed by atoms with Crippen LogP contribution in [-0.4, -0.2) is 69.7 Å².